The highest BCUT2D eigenvalue weighted by Gasteiger charge is 2.17. The Hall–Kier alpha value is -1.94. The molecule has 0 heterocycles. The second kappa shape index (κ2) is 6.48. The Kier molecular flexibility index (Phi) is 4.69. The molecular weight excluding hydrogens is 320 g/mol. The standard InChI is InChI=1S/C16H13BrO3/c1-20-13-7-8-14(17)12(9-13)10-15(18)16(19)11-5-3-2-4-6-11/h2-9H,10H2,1H3. The lowest BCUT2D eigenvalue weighted by Gasteiger charge is -2.06. The SMILES string of the molecule is COc1ccc(Br)c(CC(=O)C(=O)c2ccccc2)c1. The van der Waals surface area contributed by atoms with E-state index in [1.165, 1.54) is 0 Å². The number of ether oxygens (including phenoxy) is 1. The van der Waals surface area contributed by atoms with E-state index < -0.39 is 11.6 Å². The minimum atomic E-state index is -0.472. The Morgan fingerprint density at radius 2 is 1.80 bits per heavy atom. The number of rotatable bonds is 5. The van der Waals surface area contributed by atoms with Crippen LogP contribution in [-0.2, 0) is 11.2 Å². The van der Waals surface area contributed by atoms with E-state index in [0.717, 1.165) is 10.0 Å². The van der Waals surface area contributed by atoms with Gasteiger partial charge in [-0.1, -0.05) is 46.3 Å². The zero-order valence-electron chi connectivity index (χ0n) is 10.9. The number of Topliss-reactive ketones (excluding diaryl/α,β-unsaturated/α-hetero) is 2. The molecule has 0 bridgehead atoms. The van der Waals surface area contributed by atoms with Crippen LogP contribution in [0.4, 0.5) is 0 Å². The van der Waals surface area contributed by atoms with Crippen LogP contribution < -0.4 is 4.74 Å². The number of hydrogen-bond acceptors (Lipinski definition) is 3. The largest absolute Gasteiger partial charge is 0.497 e. The maximum atomic E-state index is 12.1. The monoisotopic (exact) mass is 332 g/mol. The molecule has 0 saturated heterocycles. The smallest absolute Gasteiger partial charge is 0.228 e. The van der Waals surface area contributed by atoms with Crippen molar-refractivity contribution in [3.05, 3.63) is 64.1 Å². The third kappa shape index (κ3) is 3.33. The minimum absolute atomic E-state index is 0.0471. The molecule has 102 valence electrons. The second-order valence-corrected chi connectivity index (χ2v) is 5.11. The molecule has 4 heteroatoms. The third-order valence-electron chi connectivity index (χ3n) is 2.89. The fourth-order valence-electron chi connectivity index (χ4n) is 1.82. The van der Waals surface area contributed by atoms with Crippen LogP contribution in [-0.4, -0.2) is 18.7 Å². The summed E-state index contributed by atoms with van der Waals surface area (Å²) in [5, 5.41) is 0. The highest BCUT2D eigenvalue weighted by molar-refractivity contribution is 9.10. The lowest BCUT2D eigenvalue weighted by Crippen LogP contribution is -2.16. The first-order chi connectivity index (χ1) is 9.61. The van der Waals surface area contributed by atoms with E-state index in [9.17, 15) is 9.59 Å². The van der Waals surface area contributed by atoms with Gasteiger partial charge < -0.3 is 4.74 Å². The molecule has 20 heavy (non-hydrogen) atoms. The molecule has 0 amide bonds. The fraction of sp³-hybridized carbons (Fsp3) is 0.125. The van der Waals surface area contributed by atoms with Gasteiger partial charge in [-0.05, 0) is 23.8 Å². The summed E-state index contributed by atoms with van der Waals surface area (Å²) in [6.07, 6.45) is 0.0471. The molecule has 0 unspecified atom stereocenters. The van der Waals surface area contributed by atoms with Gasteiger partial charge >= 0.3 is 0 Å². The fourth-order valence-corrected chi connectivity index (χ4v) is 2.20. The summed E-state index contributed by atoms with van der Waals surface area (Å²) in [5.74, 6) is -0.256. The summed E-state index contributed by atoms with van der Waals surface area (Å²) >= 11 is 3.37. The van der Waals surface area contributed by atoms with Crippen LogP contribution in [0.5, 0.6) is 5.75 Å². The lowest BCUT2D eigenvalue weighted by atomic mass is 10.0. The van der Waals surface area contributed by atoms with Gasteiger partial charge in [0.05, 0.1) is 7.11 Å². The molecule has 0 N–H and O–H groups in total. The third-order valence-corrected chi connectivity index (χ3v) is 3.67. The van der Waals surface area contributed by atoms with Crippen molar-refractivity contribution in [1.82, 2.24) is 0 Å². The molecule has 3 nitrogen and oxygen atoms in total. The van der Waals surface area contributed by atoms with E-state index in [-0.39, 0.29) is 6.42 Å². The van der Waals surface area contributed by atoms with Crippen LogP contribution in [0.2, 0.25) is 0 Å². The summed E-state index contributed by atoms with van der Waals surface area (Å²) in [6.45, 7) is 0. The van der Waals surface area contributed by atoms with Crippen molar-refractivity contribution in [3.63, 3.8) is 0 Å². The first-order valence-corrected chi connectivity index (χ1v) is 6.86. The van der Waals surface area contributed by atoms with Crippen LogP contribution in [0.15, 0.2) is 53.0 Å². The summed E-state index contributed by atoms with van der Waals surface area (Å²) in [4.78, 5) is 24.1. The first kappa shape index (κ1) is 14.5. The van der Waals surface area contributed by atoms with Gasteiger partial charge in [0.2, 0.25) is 11.6 Å². The number of methoxy groups -OCH3 is 1. The van der Waals surface area contributed by atoms with E-state index in [2.05, 4.69) is 15.9 Å². The van der Waals surface area contributed by atoms with Crippen molar-refractivity contribution >= 4 is 27.5 Å². The van der Waals surface area contributed by atoms with Crippen molar-refractivity contribution in [2.24, 2.45) is 0 Å². The second-order valence-electron chi connectivity index (χ2n) is 4.25. The molecule has 2 rings (SSSR count). The van der Waals surface area contributed by atoms with Gasteiger partial charge in [0.15, 0.2) is 0 Å². The van der Waals surface area contributed by atoms with Crippen molar-refractivity contribution in [3.8, 4) is 5.75 Å². The normalized spacial score (nSPS) is 10.1. The summed E-state index contributed by atoms with van der Waals surface area (Å²) < 4.78 is 5.90. The zero-order valence-corrected chi connectivity index (χ0v) is 12.5. The molecule has 0 atom stereocenters. The number of hydrogen-bond donors (Lipinski definition) is 0. The topological polar surface area (TPSA) is 43.4 Å². The first-order valence-electron chi connectivity index (χ1n) is 6.07. The Morgan fingerprint density at radius 1 is 1.10 bits per heavy atom. The van der Waals surface area contributed by atoms with Crippen molar-refractivity contribution in [1.29, 1.82) is 0 Å². The molecule has 0 saturated carbocycles. The highest BCUT2D eigenvalue weighted by atomic mass is 79.9. The Labute approximate surface area is 125 Å². The Morgan fingerprint density at radius 3 is 2.45 bits per heavy atom. The van der Waals surface area contributed by atoms with E-state index >= 15 is 0 Å². The molecule has 0 aliphatic carbocycles. The maximum absolute atomic E-state index is 12.1. The van der Waals surface area contributed by atoms with Crippen LogP contribution in [0.25, 0.3) is 0 Å². The number of carbonyl (C=O) groups is 2. The summed E-state index contributed by atoms with van der Waals surface area (Å²) in [5.41, 5.74) is 1.15. The lowest BCUT2D eigenvalue weighted by molar-refractivity contribution is -0.114. The average Bonchev–Trinajstić information content (AvgIpc) is 2.49. The molecule has 0 radical (unpaired) electrons. The van der Waals surface area contributed by atoms with Gasteiger partial charge in [0.25, 0.3) is 0 Å². The van der Waals surface area contributed by atoms with Gasteiger partial charge in [-0.15, -0.1) is 0 Å². The van der Waals surface area contributed by atoms with Crippen LogP contribution >= 0.6 is 15.9 Å². The van der Waals surface area contributed by atoms with Crippen LogP contribution in [0, 0.1) is 0 Å². The summed E-state index contributed by atoms with van der Waals surface area (Å²) in [7, 11) is 1.56. The van der Waals surface area contributed by atoms with Gasteiger partial charge in [-0.3, -0.25) is 9.59 Å². The number of ketones is 2. The van der Waals surface area contributed by atoms with Crippen LogP contribution in [0.1, 0.15) is 15.9 Å². The van der Waals surface area contributed by atoms with Gasteiger partial charge in [0.1, 0.15) is 5.75 Å². The number of benzene rings is 2. The number of halogens is 1. The highest BCUT2D eigenvalue weighted by Crippen LogP contribution is 2.23. The van der Waals surface area contributed by atoms with Crippen molar-refractivity contribution < 1.29 is 14.3 Å². The van der Waals surface area contributed by atoms with E-state index in [1.807, 2.05) is 0 Å². The quantitative estimate of drug-likeness (QED) is 0.622. The van der Waals surface area contributed by atoms with Gasteiger partial charge in [0, 0.05) is 16.5 Å². The molecule has 0 aliphatic heterocycles. The minimum Gasteiger partial charge on any atom is -0.497 e. The molecule has 0 fully saturated rings. The summed E-state index contributed by atoms with van der Waals surface area (Å²) in [6, 6.07) is 13.9. The Bertz CT molecular complexity index is 635. The van der Waals surface area contributed by atoms with E-state index in [4.69, 9.17) is 4.74 Å². The van der Waals surface area contributed by atoms with E-state index in [1.54, 1.807) is 55.6 Å². The number of carbonyl (C=O) groups excluding carboxylic acids is 2. The predicted octanol–water partition coefficient (Wildman–Crippen LogP) is 3.45. The molecular formula is C16H13BrO3. The van der Waals surface area contributed by atoms with Crippen molar-refractivity contribution in [2.75, 3.05) is 7.11 Å². The Balaban J connectivity index is 2.18. The van der Waals surface area contributed by atoms with Gasteiger partial charge in [-0.2, -0.15) is 0 Å². The molecule has 0 spiro atoms. The van der Waals surface area contributed by atoms with E-state index in [0.29, 0.717) is 11.3 Å². The molecule has 0 aromatic heterocycles. The molecule has 2 aromatic rings. The maximum Gasteiger partial charge on any atom is 0.228 e. The van der Waals surface area contributed by atoms with Crippen molar-refractivity contribution in [2.45, 2.75) is 6.42 Å². The molecule has 2 aromatic carbocycles. The average molecular weight is 333 g/mol. The van der Waals surface area contributed by atoms with Crippen LogP contribution in [0.3, 0.4) is 0 Å². The zero-order chi connectivity index (χ0) is 14.5. The van der Waals surface area contributed by atoms with Gasteiger partial charge in [-0.25, -0.2) is 0 Å². The molecule has 0 aliphatic rings. The predicted molar refractivity (Wildman–Crippen MR) is 80.2 cm³/mol.